The molecule has 2 aliphatic rings. The quantitative estimate of drug-likeness (QED) is 0.642. The number of amidine groups is 1. The Morgan fingerprint density at radius 3 is 1.88 bits per heavy atom. The molecule has 2 rings (SSSR count). The van der Waals surface area contributed by atoms with Gasteiger partial charge in [-0.25, -0.2) is 10.3 Å². The van der Waals surface area contributed by atoms with Gasteiger partial charge in [0.1, 0.15) is 5.84 Å². The van der Waals surface area contributed by atoms with Crippen LogP contribution in [0.5, 0.6) is 0 Å². The van der Waals surface area contributed by atoms with Gasteiger partial charge in [-0.15, -0.1) is 0 Å². The van der Waals surface area contributed by atoms with Crippen LogP contribution in [0.15, 0.2) is 16.9 Å². The number of aliphatic imine (C=N–C) groups is 1. The van der Waals surface area contributed by atoms with E-state index < -0.39 is 0 Å². The zero-order valence-corrected chi connectivity index (χ0v) is 11.1. The number of rotatable bonds is 1. The lowest BCUT2D eigenvalue weighted by Gasteiger charge is -2.15. The first-order valence-corrected chi connectivity index (χ1v) is 7.32. The number of hydrogen-bond acceptors (Lipinski definition) is 1. The van der Waals surface area contributed by atoms with Crippen molar-refractivity contribution >= 4 is 5.84 Å². The van der Waals surface area contributed by atoms with E-state index in [1.54, 1.807) is 0 Å². The summed E-state index contributed by atoms with van der Waals surface area (Å²) < 4.78 is 0. The van der Waals surface area contributed by atoms with Crippen molar-refractivity contribution in [3.05, 3.63) is 11.9 Å². The normalized spacial score (nSPS) is 24.5. The first-order chi connectivity index (χ1) is 8.36. The van der Waals surface area contributed by atoms with Crippen LogP contribution in [0.1, 0.15) is 71.1 Å². The zero-order valence-electron chi connectivity index (χ0n) is 11.1. The summed E-state index contributed by atoms with van der Waals surface area (Å²) >= 11 is 0. The molecule has 1 fully saturated rings. The average molecular weight is 233 g/mol. The van der Waals surface area contributed by atoms with E-state index in [0.29, 0.717) is 5.92 Å². The molecule has 1 aliphatic heterocycles. The summed E-state index contributed by atoms with van der Waals surface area (Å²) in [5, 5.41) is 4.48. The fourth-order valence-corrected chi connectivity index (χ4v) is 2.84. The SMILES string of the molecule is CC1=C[N]C(C2CCCCCCCCCC2)=N1. The summed E-state index contributed by atoms with van der Waals surface area (Å²) in [5.41, 5.74) is 1.08. The van der Waals surface area contributed by atoms with E-state index in [4.69, 9.17) is 0 Å². The lowest BCUT2D eigenvalue weighted by Crippen LogP contribution is -2.20. The van der Waals surface area contributed by atoms with E-state index in [2.05, 4.69) is 10.3 Å². The standard InChI is InChI=1S/C15H25N2/c1-13-12-16-15(17-13)14-10-8-6-4-2-3-5-7-9-11-14/h12,14H,2-11H2,1H3. The summed E-state index contributed by atoms with van der Waals surface area (Å²) in [7, 11) is 0. The van der Waals surface area contributed by atoms with E-state index in [1.165, 1.54) is 64.2 Å². The van der Waals surface area contributed by atoms with E-state index in [0.717, 1.165) is 11.5 Å². The Kier molecular flexibility index (Phi) is 5.08. The molecule has 2 heteroatoms. The molecule has 0 N–H and O–H groups in total. The fraction of sp³-hybridized carbons (Fsp3) is 0.800. The molecule has 0 spiro atoms. The van der Waals surface area contributed by atoms with Gasteiger partial charge in [0.15, 0.2) is 0 Å². The summed E-state index contributed by atoms with van der Waals surface area (Å²) in [6, 6.07) is 0. The van der Waals surface area contributed by atoms with Crippen molar-refractivity contribution in [1.82, 2.24) is 5.32 Å². The largest absolute Gasteiger partial charge is 0.239 e. The van der Waals surface area contributed by atoms with Crippen molar-refractivity contribution in [3.63, 3.8) is 0 Å². The second-order valence-electron chi connectivity index (χ2n) is 5.47. The van der Waals surface area contributed by atoms with Gasteiger partial charge in [-0.2, -0.15) is 0 Å². The lowest BCUT2D eigenvalue weighted by atomic mass is 9.94. The Bertz CT molecular complexity index is 279. The van der Waals surface area contributed by atoms with Crippen LogP contribution in [0.3, 0.4) is 0 Å². The molecule has 2 nitrogen and oxygen atoms in total. The van der Waals surface area contributed by atoms with Gasteiger partial charge in [0.25, 0.3) is 0 Å². The van der Waals surface area contributed by atoms with Crippen LogP contribution < -0.4 is 5.32 Å². The maximum atomic E-state index is 4.57. The van der Waals surface area contributed by atoms with Gasteiger partial charge in [0, 0.05) is 5.92 Å². The first-order valence-electron chi connectivity index (χ1n) is 7.32. The molecule has 0 atom stereocenters. The molecular weight excluding hydrogens is 208 g/mol. The van der Waals surface area contributed by atoms with Crippen LogP contribution in [0, 0.1) is 5.92 Å². The minimum atomic E-state index is 0.627. The third-order valence-corrected chi connectivity index (χ3v) is 3.89. The van der Waals surface area contributed by atoms with Crippen LogP contribution in [0.2, 0.25) is 0 Å². The average Bonchev–Trinajstić information content (AvgIpc) is 2.72. The molecule has 0 bridgehead atoms. The second-order valence-corrected chi connectivity index (χ2v) is 5.47. The molecule has 0 aromatic rings. The van der Waals surface area contributed by atoms with Crippen molar-refractivity contribution in [3.8, 4) is 0 Å². The van der Waals surface area contributed by atoms with Gasteiger partial charge in [-0.3, -0.25) is 0 Å². The van der Waals surface area contributed by atoms with Crippen LogP contribution in [-0.4, -0.2) is 5.84 Å². The highest BCUT2D eigenvalue weighted by Gasteiger charge is 2.19. The third kappa shape index (κ3) is 4.18. The second kappa shape index (κ2) is 6.83. The van der Waals surface area contributed by atoms with E-state index in [1.807, 2.05) is 13.1 Å². The summed E-state index contributed by atoms with van der Waals surface area (Å²) in [6.45, 7) is 2.04. The van der Waals surface area contributed by atoms with Gasteiger partial charge in [0.05, 0.1) is 11.9 Å². The molecule has 95 valence electrons. The zero-order chi connectivity index (χ0) is 11.9. The fourth-order valence-electron chi connectivity index (χ4n) is 2.84. The predicted molar refractivity (Wildman–Crippen MR) is 73.0 cm³/mol. The molecule has 0 unspecified atom stereocenters. The van der Waals surface area contributed by atoms with Gasteiger partial charge >= 0.3 is 0 Å². The molecule has 0 amide bonds. The summed E-state index contributed by atoms with van der Waals surface area (Å²) in [5.74, 6) is 1.74. The van der Waals surface area contributed by atoms with E-state index >= 15 is 0 Å². The van der Waals surface area contributed by atoms with Gasteiger partial charge in [0.2, 0.25) is 0 Å². The monoisotopic (exact) mass is 233 g/mol. The molecular formula is C15H25N2. The molecule has 0 saturated heterocycles. The van der Waals surface area contributed by atoms with Crippen molar-refractivity contribution < 1.29 is 0 Å². The Balaban J connectivity index is 1.87. The van der Waals surface area contributed by atoms with Crippen LogP contribution in [0.4, 0.5) is 0 Å². The van der Waals surface area contributed by atoms with Crippen molar-refractivity contribution in [2.75, 3.05) is 0 Å². The number of hydrogen-bond donors (Lipinski definition) is 0. The first kappa shape index (κ1) is 12.7. The minimum absolute atomic E-state index is 0.627. The van der Waals surface area contributed by atoms with Crippen molar-refractivity contribution in [2.45, 2.75) is 71.1 Å². The third-order valence-electron chi connectivity index (χ3n) is 3.89. The van der Waals surface area contributed by atoms with Crippen molar-refractivity contribution in [2.24, 2.45) is 10.9 Å². The molecule has 1 heterocycles. The summed E-state index contributed by atoms with van der Waals surface area (Å²) in [6.07, 6.45) is 15.8. The van der Waals surface area contributed by atoms with E-state index in [-0.39, 0.29) is 0 Å². The molecule has 0 aromatic carbocycles. The highest BCUT2D eigenvalue weighted by molar-refractivity contribution is 5.87. The minimum Gasteiger partial charge on any atom is -0.239 e. The topological polar surface area (TPSA) is 26.5 Å². The Morgan fingerprint density at radius 2 is 1.41 bits per heavy atom. The predicted octanol–water partition coefficient (Wildman–Crippen LogP) is 4.40. The molecule has 1 saturated carbocycles. The maximum Gasteiger partial charge on any atom is 0.131 e. The highest BCUT2D eigenvalue weighted by Crippen LogP contribution is 2.24. The summed E-state index contributed by atoms with van der Waals surface area (Å²) in [4.78, 5) is 4.57. The van der Waals surface area contributed by atoms with Crippen LogP contribution in [-0.2, 0) is 0 Å². The highest BCUT2D eigenvalue weighted by atomic mass is 15.0. The molecule has 17 heavy (non-hydrogen) atoms. The molecule has 1 radical (unpaired) electrons. The number of allylic oxidation sites excluding steroid dienone is 1. The smallest absolute Gasteiger partial charge is 0.131 e. The number of nitrogens with zero attached hydrogens (tertiary/aromatic N) is 2. The van der Waals surface area contributed by atoms with Gasteiger partial charge in [-0.1, -0.05) is 51.4 Å². The van der Waals surface area contributed by atoms with E-state index in [9.17, 15) is 0 Å². The lowest BCUT2D eigenvalue weighted by molar-refractivity contribution is 0.505. The molecule has 0 aromatic heterocycles. The Labute approximate surface area is 106 Å². The maximum absolute atomic E-state index is 4.57. The molecule has 1 aliphatic carbocycles. The van der Waals surface area contributed by atoms with Crippen LogP contribution >= 0.6 is 0 Å². The van der Waals surface area contributed by atoms with Gasteiger partial charge < -0.3 is 0 Å². The Hall–Kier alpha value is -0.790. The van der Waals surface area contributed by atoms with Gasteiger partial charge in [-0.05, 0) is 19.8 Å². The van der Waals surface area contributed by atoms with Crippen LogP contribution in [0.25, 0.3) is 0 Å². The van der Waals surface area contributed by atoms with Crippen molar-refractivity contribution in [1.29, 1.82) is 0 Å². The Morgan fingerprint density at radius 1 is 0.882 bits per heavy atom.